The predicted molar refractivity (Wildman–Crippen MR) is 62.9 cm³/mol. The Balaban J connectivity index is 1.90. The lowest BCUT2D eigenvalue weighted by Crippen LogP contribution is -2.35. The van der Waals surface area contributed by atoms with Crippen molar-refractivity contribution >= 4 is 5.97 Å². The van der Waals surface area contributed by atoms with Gasteiger partial charge in [-0.25, -0.2) is 0 Å². The van der Waals surface area contributed by atoms with Crippen LogP contribution in [0.25, 0.3) is 0 Å². The van der Waals surface area contributed by atoms with Crippen LogP contribution >= 0.6 is 0 Å². The molecule has 1 N–H and O–H groups in total. The van der Waals surface area contributed by atoms with E-state index in [1.165, 1.54) is 0 Å². The first-order valence-corrected chi connectivity index (χ1v) is 5.90. The first-order valence-electron chi connectivity index (χ1n) is 5.90. The summed E-state index contributed by atoms with van der Waals surface area (Å²) in [4.78, 5) is 15.0. The van der Waals surface area contributed by atoms with Crippen LogP contribution in [0.4, 0.5) is 0 Å². The minimum Gasteiger partial charge on any atom is -0.490 e. The van der Waals surface area contributed by atoms with Crippen LogP contribution in [0.1, 0.15) is 32.6 Å². The number of carbonyl (C=O) groups is 1. The van der Waals surface area contributed by atoms with E-state index in [0.717, 1.165) is 18.6 Å². The number of nitrogens with zero attached hydrogens (tertiary/aromatic N) is 1. The summed E-state index contributed by atoms with van der Waals surface area (Å²) >= 11 is 0. The minimum absolute atomic E-state index is 0.129. The molecule has 0 atom stereocenters. The molecule has 92 valence electrons. The number of aromatic nitrogens is 1. The van der Waals surface area contributed by atoms with E-state index >= 15 is 0 Å². The van der Waals surface area contributed by atoms with Gasteiger partial charge < -0.3 is 9.84 Å². The number of hydrogen-bond acceptors (Lipinski definition) is 3. The highest BCUT2D eigenvalue weighted by Gasteiger charge is 2.38. The number of carboxylic acid groups (broad SMARTS) is 1. The fourth-order valence-corrected chi connectivity index (χ4v) is 2.17. The standard InChI is InChI=1S/C13H17NO3/c1-13(12(15)16)6-2-10(3-7-13)17-11-4-8-14-9-5-11/h4-5,8-10H,2-3,6-7H2,1H3,(H,15,16). The molecule has 0 amide bonds. The first-order chi connectivity index (χ1) is 8.10. The fourth-order valence-electron chi connectivity index (χ4n) is 2.17. The van der Waals surface area contributed by atoms with Crippen molar-refractivity contribution in [1.29, 1.82) is 0 Å². The lowest BCUT2D eigenvalue weighted by molar-refractivity contribution is -0.150. The van der Waals surface area contributed by atoms with Crippen LogP contribution in [0.3, 0.4) is 0 Å². The van der Waals surface area contributed by atoms with Gasteiger partial charge in [-0.1, -0.05) is 0 Å². The van der Waals surface area contributed by atoms with Crippen molar-refractivity contribution in [3.05, 3.63) is 24.5 Å². The van der Waals surface area contributed by atoms with Crippen molar-refractivity contribution in [2.45, 2.75) is 38.7 Å². The van der Waals surface area contributed by atoms with Gasteiger partial charge in [-0.15, -0.1) is 0 Å². The zero-order valence-electron chi connectivity index (χ0n) is 9.93. The normalized spacial score (nSPS) is 28.6. The molecule has 1 fully saturated rings. The summed E-state index contributed by atoms with van der Waals surface area (Å²) in [6.45, 7) is 1.82. The summed E-state index contributed by atoms with van der Waals surface area (Å²) < 4.78 is 5.80. The fraction of sp³-hybridized carbons (Fsp3) is 0.538. The van der Waals surface area contributed by atoms with Gasteiger partial charge in [0.25, 0.3) is 0 Å². The molecule has 1 aliphatic carbocycles. The molecule has 1 aromatic heterocycles. The van der Waals surface area contributed by atoms with E-state index in [1.54, 1.807) is 12.4 Å². The third-order valence-corrected chi connectivity index (χ3v) is 3.50. The third kappa shape index (κ3) is 2.75. The van der Waals surface area contributed by atoms with Crippen LogP contribution in [-0.2, 0) is 4.79 Å². The van der Waals surface area contributed by atoms with Gasteiger partial charge in [0.05, 0.1) is 11.5 Å². The van der Waals surface area contributed by atoms with E-state index in [1.807, 2.05) is 19.1 Å². The Morgan fingerprint density at radius 3 is 2.53 bits per heavy atom. The molecule has 1 aliphatic rings. The van der Waals surface area contributed by atoms with Crippen molar-refractivity contribution in [1.82, 2.24) is 4.98 Å². The number of aliphatic carboxylic acids is 1. The second kappa shape index (κ2) is 4.73. The molecule has 17 heavy (non-hydrogen) atoms. The molecule has 2 rings (SSSR count). The van der Waals surface area contributed by atoms with Crippen LogP contribution in [-0.4, -0.2) is 22.2 Å². The predicted octanol–water partition coefficient (Wildman–Crippen LogP) is 2.49. The summed E-state index contributed by atoms with van der Waals surface area (Å²) in [5, 5.41) is 9.12. The van der Waals surface area contributed by atoms with Crippen molar-refractivity contribution < 1.29 is 14.6 Å². The highest BCUT2D eigenvalue weighted by Crippen LogP contribution is 2.37. The smallest absolute Gasteiger partial charge is 0.309 e. The number of ether oxygens (including phenoxy) is 1. The Bertz CT molecular complexity index is 383. The SMILES string of the molecule is CC1(C(=O)O)CCC(Oc2ccncc2)CC1. The highest BCUT2D eigenvalue weighted by molar-refractivity contribution is 5.74. The van der Waals surface area contributed by atoms with E-state index < -0.39 is 11.4 Å². The largest absolute Gasteiger partial charge is 0.490 e. The van der Waals surface area contributed by atoms with E-state index in [-0.39, 0.29) is 6.10 Å². The summed E-state index contributed by atoms with van der Waals surface area (Å²) in [6.07, 6.45) is 6.47. The zero-order chi connectivity index (χ0) is 12.3. The van der Waals surface area contributed by atoms with Crippen LogP contribution in [0.2, 0.25) is 0 Å². The van der Waals surface area contributed by atoms with E-state index in [0.29, 0.717) is 12.8 Å². The van der Waals surface area contributed by atoms with Crippen molar-refractivity contribution in [2.24, 2.45) is 5.41 Å². The van der Waals surface area contributed by atoms with Crippen molar-refractivity contribution in [3.63, 3.8) is 0 Å². The van der Waals surface area contributed by atoms with E-state index in [9.17, 15) is 4.79 Å². The maximum atomic E-state index is 11.1. The Labute approximate surface area is 101 Å². The maximum Gasteiger partial charge on any atom is 0.309 e. The average Bonchev–Trinajstić information content (AvgIpc) is 2.33. The molecule has 4 nitrogen and oxygen atoms in total. The molecular formula is C13H17NO3. The summed E-state index contributed by atoms with van der Waals surface area (Å²) in [5.41, 5.74) is -0.571. The molecule has 1 aromatic rings. The van der Waals surface area contributed by atoms with Gasteiger partial charge in [0.1, 0.15) is 5.75 Å². The molecule has 4 heteroatoms. The van der Waals surface area contributed by atoms with Gasteiger partial charge in [-0.3, -0.25) is 9.78 Å². The number of hydrogen-bond donors (Lipinski definition) is 1. The number of carboxylic acids is 1. The summed E-state index contributed by atoms with van der Waals surface area (Å²) in [7, 11) is 0. The second-order valence-electron chi connectivity index (χ2n) is 4.87. The highest BCUT2D eigenvalue weighted by atomic mass is 16.5. The molecule has 0 aromatic carbocycles. The minimum atomic E-state index is -0.695. The maximum absolute atomic E-state index is 11.1. The summed E-state index contributed by atoms with van der Waals surface area (Å²) in [5.74, 6) is 0.115. The molecule has 0 saturated heterocycles. The second-order valence-corrected chi connectivity index (χ2v) is 4.87. The molecule has 0 spiro atoms. The van der Waals surface area contributed by atoms with Crippen LogP contribution in [0.5, 0.6) is 5.75 Å². The lowest BCUT2D eigenvalue weighted by Gasteiger charge is -2.33. The Kier molecular flexibility index (Phi) is 3.31. The van der Waals surface area contributed by atoms with Gasteiger partial charge in [0, 0.05) is 12.4 Å². The molecular weight excluding hydrogens is 218 g/mol. The topological polar surface area (TPSA) is 59.4 Å². The zero-order valence-corrected chi connectivity index (χ0v) is 9.93. The Morgan fingerprint density at radius 2 is 2.00 bits per heavy atom. The van der Waals surface area contributed by atoms with Crippen LogP contribution in [0, 0.1) is 5.41 Å². The summed E-state index contributed by atoms with van der Waals surface area (Å²) in [6, 6.07) is 3.65. The lowest BCUT2D eigenvalue weighted by atomic mass is 9.75. The van der Waals surface area contributed by atoms with Gasteiger partial charge in [0.2, 0.25) is 0 Å². The molecule has 0 unspecified atom stereocenters. The van der Waals surface area contributed by atoms with E-state index in [4.69, 9.17) is 9.84 Å². The quantitative estimate of drug-likeness (QED) is 0.874. The van der Waals surface area contributed by atoms with Crippen LogP contribution in [0.15, 0.2) is 24.5 Å². The molecule has 0 aliphatic heterocycles. The van der Waals surface area contributed by atoms with Crippen LogP contribution < -0.4 is 4.74 Å². The Morgan fingerprint density at radius 1 is 1.41 bits per heavy atom. The average molecular weight is 235 g/mol. The molecule has 1 saturated carbocycles. The molecule has 0 bridgehead atoms. The number of pyridine rings is 1. The van der Waals surface area contributed by atoms with E-state index in [2.05, 4.69) is 4.98 Å². The van der Waals surface area contributed by atoms with Gasteiger partial charge in [-0.05, 0) is 44.7 Å². The van der Waals surface area contributed by atoms with Gasteiger partial charge in [0.15, 0.2) is 0 Å². The van der Waals surface area contributed by atoms with Gasteiger partial charge >= 0.3 is 5.97 Å². The van der Waals surface area contributed by atoms with Crippen molar-refractivity contribution in [2.75, 3.05) is 0 Å². The van der Waals surface area contributed by atoms with Crippen molar-refractivity contribution in [3.8, 4) is 5.75 Å². The molecule has 1 heterocycles. The monoisotopic (exact) mass is 235 g/mol. The molecule has 0 radical (unpaired) electrons. The first kappa shape index (κ1) is 11.9. The third-order valence-electron chi connectivity index (χ3n) is 3.50. The van der Waals surface area contributed by atoms with Gasteiger partial charge in [-0.2, -0.15) is 0 Å². The number of rotatable bonds is 3. The Hall–Kier alpha value is -1.58.